The van der Waals surface area contributed by atoms with Gasteiger partial charge in [-0.2, -0.15) is 0 Å². The summed E-state index contributed by atoms with van der Waals surface area (Å²) in [6.45, 7) is 2.46. The van der Waals surface area contributed by atoms with E-state index >= 15 is 0 Å². The molecule has 2 aromatic rings. The lowest BCUT2D eigenvalue weighted by molar-refractivity contribution is -0.117. The van der Waals surface area contributed by atoms with Crippen LogP contribution in [0.1, 0.15) is 24.8 Å². The lowest BCUT2D eigenvalue weighted by atomic mass is 10.2. The number of nitrogens with one attached hydrogen (secondary N) is 2. The van der Waals surface area contributed by atoms with Gasteiger partial charge in [0.15, 0.2) is 0 Å². The number of carbonyl (C=O) groups is 2. The third-order valence-electron chi connectivity index (χ3n) is 3.97. The number of carbonyl (C=O) groups excluding carboxylic acids is 2. The van der Waals surface area contributed by atoms with Crippen molar-refractivity contribution in [3.05, 3.63) is 29.3 Å². The zero-order chi connectivity index (χ0) is 17.8. The van der Waals surface area contributed by atoms with Gasteiger partial charge in [0.25, 0.3) is 0 Å². The lowest BCUT2D eigenvalue weighted by Gasteiger charge is -2.22. The Balaban J connectivity index is 1.54. The van der Waals surface area contributed by atoms with Crippen LogP contribution >= 0.6 is 11.3 Å². The molecular weight excluding hydrogens is 340 g/mol. The number of anilines is 3. The van der Waals surface area contributed by atoms with Gasteiger partial charge in [-0.1, -0.05) is 17.4 Å². The first-order valence-corrected chi connectivity index (χ1v) is 8.89. The van der Waals surface area contributed by atoms with Crippen molar-refractivity contribution in [2.45, 2.75) is 32.2 Å². The van der Waals surface area contributed by atoms with Gasteiger partial charge in [-0.3, -0.25) is 4.79 Å². The van der Waals surface area contributed by atoms with Gasteiger partial charge in [-0.25, -0.2) is 4.79 Å². The lowest BCUT2D eigenvalue weighted by Crippen LogP contribution is -2.32. The van der Waals surface area contributed by atoms with Crippen LogP contribution in [0.15, 0.2) is 24.3 Å². The Hall–Kier alpha value is -2.68. The molecule has 0 radical (unpaired) electrons. The maximum atomic E-state index is 12.0. The van der Waals surface area contributed by atoms with Crippen LogP contribution < -0.4 is 21.3 Å². The molecule has 2 heterocycles. The van der Waals surface area contributed by atoms with Crippen molar-refractivity contribution in [3.8, 4) is 0 Å². The average molecular weight is 360 g/mol. The third-order valence-corrected chi connectivity index (χ3v) is 4.79. The van der Waals surface area contributed by atoms with Crippen LogP contribution in [0.4, 0.5) is 21.3 Å². The molecule has 9 heteroatoms. The summed E-state index contributed by atoms with van der Waals surface area (Å²) in [4.78, 5) is 25.8. The molecule has 1 saturated heterocycles. The number of nitrogens with two attached hydrogens (primary N) is 1. The Labute approximate surface area is 149 Å². The van der Waals surface area contributed by atoms with Crippen molar-refractivity contribution in [1.29, 1.82) is 0 Å². The number of aromatic nitrogens is 2. The molecule has 0 unspecified atom stereocenters. The Bertz CT molecular complexity index is 777. The molecule has 1 aromatic carbocycles. The van der Waals surface area contributed by atoms with Crippen molar-refractivity contribution in [2.75, 3.05) is 22.5 Å². The number of hydrogen-bond donors (Lipinski definition) is 3. The molecule has 1 atom stereocenters. The van der Waals surface area contributed by atoms with Crippen LogP contribution in [-0.4, -0.2) is 34.7 Å². The van der Waals surface area contributed by atoms with Gasteiger partial charge < -0.3 is 21.3 Å². The predicted octanol–water partition coefficient (Wildman–Crippen LogP) is 2.00. The van der Waals surface area contributed by atoms with E-state index in [0.29, 0.717) is 30.2 Å². The van der Waals surface area contributed by atoms with E-state index in [4.69, 9.17) is 5.73 Å². The molecular formula is C16H20N6O2S. The van der Waals surface area contributed by atoms with Crippen LogP contribution in [0.3, 0.4) is 0 Å². The first-order chi connectivity index (χ1) is 12.0. The molecule has 132 valence electrons. The molecule has 0 bridgehead atoms. The van der Waals surface area contributed by atoms with E-state index in [-0.39, 0.29) is 18.0 Å². The van der Waals surface area contributed by atoms with Crippen molar-refractivity contribution in [3.63, 3.8) is 0 Å². The number of benzene rings is 1. The van der Waals surface area contributed by atoms with Crippen LogP contribution in [0, 0.1) is 0 Å². The van der Waals surface area contributed by atoms with E-state index in [1.807, 2.05) is 25.1 Å². The third kappa shape index (κ3) is 4.24. The fourth-order valence-electron chi connectivity index (χ4n) is 2.79. The SMILES string of the molecule is C[C@H]1CCC(=O)N1c1cccc(NC(=O)NCCc2nnc(N)s2)c1. The van der Waals surface area contributed by atoms with E-state index in [9.17, 15) is 9.59 Å². The van der Waals surface area contributed by atoms with Crippen LogP contribution in [-0.2, 0) is 11.2 Å². The van der Waals surface area contributed by atoms with E-state index in [1.54, 1.807) is 11.0 Å². The molecule has 0 aliphatic carbocycles. The Kier molecular flexibility index (Phi) is 5.13. The first-order valence-electron chi connectivity index (χ1n) is 8.08. The normalized spacial score (nSPS) is 16.9. The monoisotopic (exact) mass is 360 g/mol. The van der Waals surface area contributed by atoms with E-state index in [0.717, 1.165) is 17.1 Å². The molecule has 3 amide bonds. The highest BCUT2D eigenvalue weighted by molar-refractivity contribution is 7.15. The Morgan fingerprint density at radius 3 is 2.96 bits per heavy atom. The summed E-state index contributed by atoms with van der Waals surface area (Å²) in [6.07, 6.45) is 1.99. The standard InChI is InChI=1S/C16H20N6O2S/c1-10-5-6-14(23)22(10)12-4-2-3-11(9-12)19-16(24)18-8-7-13-20-21-15(17)25-13/h2-4,9-10H,5-8H2,1H3,(H2,17,21)(H2,18,19,24)/t10-/m0/s1. The number of urea groups is 1. The fourth-order valence-corrected chi connectivity index (χ4v) is 3.39. The Morgan fingerprint density at radius 2 is 2.28 bits per heavy atom. The number of nitrogen functional groups attached to an aromatic ring is 1. The molecule has 25 heavy (non-hydrogen) atoms. The Morgan fingerprint density at radius 1 is 1.44 bits per heavy atom. The van der Waals surface area contributed by atoms with E-state index in [1.165, 1.54) is 11.3 Å². The summed E-state index contributed by atoms with van der Waals surface area (Å²) in [5.74, 6) is 0.116. The first kappa shape index (κ1) is 17.2. The van der Waals surface area contributed by atoms with Gasteiger partial charge in [-0.05, 0) is 31.5 Å². The molecule has 8 nitrogen and oxygen atoms in total. The summed E-state index contributed by atoms with van der Waals surface area (Å²) < 4.78 is 0. The summed E-state index contributed by atoms with van der Waals surface area (Å²) in [5.41, 5.74) is 6.96. The minimum Gasteiger partial charge on any atom is -0.374 e. The van der Waals surface area contributed by atoms with Crippen LogP contribution in [0.2, 0.25) is 0 Å². The fraction of sp³-hybridized carbons (Fsp3) is 0.375. The second kappa shape index (κ2) is 7.47. The predicted molar refractivity (Wildman–Crippen MR) is 97.7 cm³/mol. The number of nitrogens with zero attached hydrogens (tertiary/aromatic N) is 3. The minimum absolute atomic E-state index is 0.116. The quantitative estimate of drug-likeness (QED) is 0.755. The smallest absolute Gasteiger partial charge is 0.319 e. The largest absolute Gasteiger partial charge is 0.374 e. The van der Waals surface area contributed by atoms with Gasteiger partial charge in [-0.15, -0.1) is 10.2 Å². The van der Waals surface area contributed by atoms with Crippen LogP contribution in [0.5, 0.6) is 0 Å². The van der Waals surface area contributed by atoms with Crippen molar-refractivity contribution in [2.24, 2.45) is 0 Å². The molecule has 1 aliphatic heterocycles. The number of amides is 3. The van der Waals surface area contributed by atoms with Crippen molar-refractivity contribution < 1.29 is 9.59 Å². The summed E-state index contributed by atoms with van der Waals surface area (Å²) in [5, 5.41) is 14.4. The maximum Gasteiger partial charge on any atom is 0.319 e. The molecule has 1 fully saturated rings. The van der Waals surface area contributed by atoms with Crippen molar-refractivity contribution >= 4 is 39.8 Å². The summed E-state index contributed by atoms with van der Waals surface area (Å²) in [6, 6.07) is 7.17. The second-order valence-electron chi connectivity index (χ2n) is 5.87. The topological polar surface area (TPSA) is 113 Å². The number of rotatable bonds is 5. The zero-order valence-electron chi connectivity index (χ0n) is 13.9. The second-order valence-corrected chi connectivity index (χ2v) is 6.96. The summed E-state index contributed by atoms with van der Waals surface area (Å²) in [7, 11) is 0. The van der Waals surface area contributed by atoms with Crippen molar-refractivity contribution in [1.82, 2.24) is 15.5 Å². The molecule has 4 N–H and O–H groups in total. The van der Waals surface area contributed by atoms with E-state index in [2.05, 4.69) is 20.8 Å². The van der Waals surface area contributed by atoms with Gasteiger partial charge in [0.2, 0.25) is 11.0 Å². The van der Waals surface area contributed by atoms with Gasteiger partial charge in [0.05, 0.1) is 0 Å². The molecule has 1 aliphatic rings. The van der Waals surface area contributed by atoms with Gasteiger partial charge >= 0.3 is 6.03 Å². The molecule has 3 rings (SSSR count). The molecule has 0 saturated carbocycles. The zero-order valence-corrected chi connectivity index (χ0v) is 14.7. The highest BCUT2D eigenvalue weighted by Crippen LogP contribution is 2.28. The van der Waals surface area contributed by atoms with Gasteiger partial charge in [0, 0.05) is 36.8 Å². The highest BCUT2D eigenvalue weighted by Gasteiger charge is 2.28. The maximum absolute atomic E-state index is 12.0. The minimum atomic E-state index is -0.310. The highest BCUT2D eigenvalue weighted by atomic mass is 32.1. The van der Waals surface area contributed by atoms with E-state index < -0.39 is 0 Å². The molecule has 0 spiro atoms. The van der Waals surface area contributed by atoms with Crippen LogP contribution in [0.25, 0.3) is 0 Å². The molecule has 1 aromatic heterocycles. The van der Waals surface area contributed by atoms with Gasteiger partial charge in [0.1, 0.15) is 5.01 Å². The summed E-state index contributed by atoms with van der Waals surface area (Å²) >= 11 is 1.31. The number of hydrogen-bond acceptors (Lipinski definition) is 6. The average Bonchev–Trinajstić information content (AvgIpc) is 3.13.